The molecule has 0 aromatic rings. The van der Waals surface area contributed by atoms with E-state index in [-0.39, 0.29) is 22.5 Å². The van der Waals surface area contributed by atoms with E-state index in [9.17, 15) is 0 Å². The number of rotatable bonds is 5. The fourth-order valence-electron chi connectivity index (χ4n) is 0.606. The van der Waals surface area contributed by atoms with Crippen LogP contribution in [0.15, 0.2) is 12.2 Å². The van der Waals surface area contributed by atoms with Crippen molar-refractivity contribution in [1.82, 2.24) is 0 Å². The Hall–Kier alpha value is 0.690. The number of hydrogen-bond acceptors (Lipinski definition) is 2. The summed E-state index contributed by atoms with van der Waals surface area (Å²) in [5.74, 6) is 0. The van der Waals surface area contributed by atoms with Gasteiger partial charge in [-0.05, 0) is 19.3 Å². The summed E-state index contributed by atoms with van der Waals surface area (Å²) in [7, 11) is 0. The highest BCUT2D eigenvalue weighted by molar-refractivity contribution is 7.99. The molecule has 0 saturated carbocycles. The topological polar surface area (TPSA) is 31.5 Å². The van der Waals surface area contributed by atoms with Crippen LogP contribution in [0.25, 0.3) is 0 Å². The molecule has 0 spiro atoms. The van der Waals surface area contributed by atoms with E-state index < -0.39 is 0 Å². The van der Waals surface area contributed by atoms with Crippen LogP contribution in [0.5, 0.6) is 0 Å². The standard InChI is InChI=1S/C8H16.C3H8S2.ClH.H2O/c1-3-5-7-8-6-4-2;1-2-3(4)5;;/h5,7H,3-4,6,8H2,1-2H3;3-5H,2H2,1H3;1H;1H2/b7-5-;;;. The van der Waals surface area contributed by atoms with Gasteiger partial charge >= 0.3 is 0 Å². The molecular formula is C11H27ClOS2. The summed E-state index contributed by atoms with van der Waals surface area (Å²) in [4.78, 5) is 0. The number of thiol groups is 2. The molecule has 96 valence electrons. The number of allylic oxidation sites excluding steroid dienone is 2. The van der Waals surface area contributed by atoms with E-state index in [2.05, 4.69) is 51.3 Å². The van der Waals surface area contributed by atoms with Gasteiger partial charge in [-0.15, -0.1) is 12.4 Å². The SMILES string of the molecule is CC/C=C\CCCC.CCC(S)S.Cl.O. The van der Waals surface area contributed by atoms with E-state index in [1.54, 1.807) is 0 Å². The molecule has 2 N–H and O–H groups in total. The average Bonchev–Trinajstić information content (AvgIpc) is 2.14. The van der Waals surface area contributed by atoms with Crippen LogP contribution in [-0.2, 0) is 0 Å². The smallest absolute Gasteiger partial charge is 0.0439 e. The third-order valence-electron chi connectivity index (χ3n) is 1.49. The predicted octanol–water partition coefficient (Wildman–Crippen LogP) is 4.32. The molecule has 0 aliphatic carbocycles. The Morgan fingerprint density at radius 3 is 1.80 bits per heavy atom. The molecule has 4 heteroatoms. The van der Waals surface area contributed by atoms with E-state index in [4.69, 9.17) is 0 Å². The van der Waals surface area contributed by atoms with Crippen LogP contribution in [0.4, 0.5) is 0 Å². The minimum atomic E-state index is 0. The van der Waals surface area contributed by atoms with Crippen LogP contribution in [0.1, 0.15) is 52.9 Å². The van der Waals surface area contributed by atoms with Crippen LogP contribution in [-0.4, -0.2) is 10.1 Å². The van der Waals surface area contributed by atoms with Crippen LogP contribution in [0.3, 0.4) is 0 Å². The molecule has 0 amide bonds. The minimum absolute atomic E-state index is 0. The lowest BCUT2D eigenvalue weighted by atomic mass is 10.2. The maximum absolute atomic E-state index is 3.96. The van der Waals surface area contributed by atoms with Crippen molar-refractivity contribution in [2.45, 2.75) is 57.5 Å². The highest BCUT2D eigenvalue weighted by Crippen LogP contribution is 2.01. The van der Waals surface area contributed by atoms with Gasteiger partial charge in [-0.25, -0.2) is 0 Å². The molecule has 1 nitrogen and oxygen atoms in total. The monoisotopic (exact) mass is 274 g/mol. The maximum atomic E-state index is 3.96. The molecule has 0 aliphatic rings. The van der Waals surface area contributed by atoms with E-state index in [0.717, 1.165) is 6.42 Å². The third kappa shape index (κ3) is 40.0. The van der Waals surface area contributed by atoms with Gasteiger partial charge in [-0.1, -0.05) is 45.8 Å². The molecule has 0 heterocycles. The van der Waals surface area contributed by atoms with Gasteiger partial charge < -0.3 is 5.48 Å². The molecule has 0 saturated heterocycles. The van der Waals surface area contributed by atoms with Gasteiger partial charge in [0.1, 0.15) is 0 Å². The van der Waals surface area contributed by atoms with Crippen LogP contribution < -0.4 is 0 Å². The number of halogens is 1. The van der Waals surface area contributed by atoms with E-state index in [0.29, 0.717) is 0 Å². The first kappa shape index (κ1) is 24.8. The number of unbranched alkanes of at least 4 members (excludes halogenated alkanes) is 2. The maximum Gasteiger partial charge on any atom is 0.0439 e. The van der Waals surface area contributed by atoms with Crippen molar-refractivity contribution < 1.29 is 5.48 Å². The fourth-order valence-corrected chi connectivity index (χ4v) is 0.606. The lowest BCUT2D eigenvalue weighted by Gasteiger charge is -1.89. The molecule has 0 radical (unpaired) electrons. The molecule has 0 fully saturated rings. The molecular weight excluding hydrogens is 248 g/mol. The van der Waals surface area contributed by atoms with Crippen molar-refractivity contribution in [2.24, 2.45) is 0 Å². The molecule has 0 unspecified atom stereocenters. The van der Waals surface area contributed by atoms with Gasteiger partial charge in [0.2, 0.25) is 0 Å². The molecule has 0 aromatic heterocycles. The van der Waals surface area contributed by atoms with Gasteiger partial charge in [0.15, 0.2) is 0 Å². The van der Waals surface area contributed by atoms with Crippen molar-refractivity contribution in [3.63, 3.8) is 0 Å². The van der Waals surface area contributed by atoms with Gasteiger partial charge in [0, 0.05) is 4.58 Å². The Morgan fingerprint density at radius 2 is 1.53 bits per heavy atom. The van der Waals surface area contributed by atoms with E-state index in [1.165, 1.54) is 25.7 Å². The molecule has 0 aromatic carbocycles. The molecule has 15 heavy (non-hydrogen) atoms. The van der Waals surface area contributed by atoms with Crippen molar-refractivity contribution in [1.29, 1.82) is 0 Å². The fraction of sp³-hybridized carbons (Fsp3) is 0.818. The van der Waals surface area contributed by atoms with Gasteiger partial charge in [0.25, 0.3) is 0 Å². The Bertz CT molecular complexity index is 109. The van der Waals surface area contributed by atoms with Crippen LogP contribution >= 0.6 is 37.7 Å². The summed E-state index contributed by atoms with van der Waals surface area (Å²) in [5, 5.41) is 0. The van der Waals surface area contributed by atoms with Crippen molar-refractivity contribution in [3.8, 4) is 0 Å². The predicted molar refractivity (Wildman–Crippen MR) is 81.9 cm³/mol. The Labute approximate surface area is 113 Å². The minimum Gasteiger partial charge on any atom is -0.412 e. The average molecular weight is 275 g/mol. The second-order valence-corrected chi connectivity index (χ2v) is 4.56. The second-order valence-electron chi connectivity index (χ2n) is 2.91. The van der Waals surface area contributed by atoms with Crippen molar-refractivity contribution in [2.75, 3.05) is 0 Å². The van der Waals surface area contributed by atoms with Crippen molar-refractivity contribution in [3.05, 3.63) is 12.2 Å². The summed E-state index contributed by atoms with van der Waals surface area (Å²) < 4.78 is 0.273. The van der Waals surface area contributed by atoms with Gasteiger partial charge in [-0.2, -0.15) is 25.3 Å². The molecule has 0 bridgehead atoms. The zero-order valence-electron chi connectivity index (χ0n) is 10.1. The lowest BCUT2D eigenvalue weighted by molar-refractivity contribution is 0.812. The summed E-state index contributed by atoms with van der Waals surface area (Å²) >= 11 is 7.92. The lowest BCUT2D eigenvalue weighted by Crippen LogP contribution is -1.76. The summed E-state index contributed by atoms with van der Waals surface area (Å²) in [6, 6.07) is 0. The highest BCUT2D eigenvalue weighted by atomic mass is 35.5. The molecule has 0 rings (SSSR count). The Kier molecular flexibility index (Phi) is 39.8. The van der Waals surface area contributed by atoms with Gasteiger partial charge in [0.05, 0.1) is 0 Å². The number of hydrogen-bond donors (Lipinski definition) is 2. The van der Waals surface area contributed by atoms with Gasteiger partial charge in [-0.3, -0.25) is 0 Å². The summed E-state index contributed by atoms with van der Waals surface area (Å²) in [6.45, 7) is 6.44. The first-order valence-corrected chi connectivity index (χ1v) is 6.23. The van der Waals surface area contributed by atoms with E-state index in [1.807, 2.05) is 6.92 Å². The summed E-state index contributed by atoms with van der Waals surface area (Å²) in [5.41, 5.74) is 0. The summed E-state index contributed by atoms with van der Waals surface area (Å²) in [6.07, 6.45) is 10.6. The van der Waals surface area contributed by atoms with E-state index >= 15 is 0 Å². The van der Waals surface area contributed by atoms with Crippen molar-refractivity contribution >= 4 is 37.7 Å². The molecule has 0 aliphatic heterocycles. The first-order valence-electron chi connectivity index (χ1n) is 5.20. The largest absolute Gasteiger partial charge is 0.412 e. The second kappa shape index (κ2) is 24.1. The normalized spacial score (nSPS) is 8.93. The third-order valence-corrected chi connectivity index (χ3v) is 2.22. The van der Waals surface area contributed by atoms with Crippen LogP contribution in [0.2, 0.25) is 0 Å². The first-order chi connectivity index (χ1) is 6.18. The zero-order chi connectivity index (χ0) is 10.5. The highest BCUT2D eigenvalue weighted by Gasteiger charge is 1.82. The Morgan fingerprint density at radius 1 is 1.07 bits per heavy atom. The van der Waals surface area contributed by atoms with Crippen LogP contribution in [0, 0.1) is 0 Å². The Balaban J connectivity index is -0.0000000770. The quantitative estimate of drug-likeness (QED) is 0.324. The molecule has 0 atom stereocenters. The zero-order valence-corrected chi connectivity index (χ0v) is 12.7.